The van der Waals surface area contributed by atoms with Gasteiger partial charge in [0.25, 0.3) is 0 Å². The Balaban J connectivity index is 2.65. The minimum atomic E-state index is -0.144. The predicted molar refractivity (Wildman–Crippen MR) is 53.2 cm³/mol. The number of fused-ring (bicyclic) bond motifs is 1. The Bertz CT molecular complexity index is 447. The fourth-order valence-electron chi connectivity index (χ4n) is 1.92. The summed E-state index contributed by atoms with van der Waals surface area (Å²) in [4.78, 5) is 11.6. The van der Waals surface area contributed by atoms with Crippen molar-refractivity contribution >= 4 is 11.5 Å². The molecule has 0 saturated heterocycles. The van der Waals surface area contributed by atoms with Crippen LogP contribution in [0.2, 0.25) is 0 Å². The van der Waals surface area contributed by atoms with E-state index in [0.29, 0.717) is 12.0 Å². The van der Waals surface area contributed by atoms with Crippen LogP contribution >= 0.6 is 0 Å². The third-order valence-corrected chi connectivity index (χ3v) is 2.59. The summed E-state index contributed by atoms with van der Waals surface area (Å²) in [5.41, 5.74) is 4.08. The first-order chi connectivity index (χ1) is 6.63. The van der Waals surface area contributed by atoms with Crippen LogP contribution in [-0.4, -0.2) is 16.7 Å². The van der Waals surface area contributed by atoms with E-state index in [9.17, 15) is 4.79 Å². The van der Waals surface area contributed by atoms with Gasteiger partial charge < -0.3 is 5.21 Å². The number of oxime groups is 1. The fraction of sp³-hybridized carbons (Fsp3) is 0.273. The van der Waals surface area contributed by atoms with Gasteiger partial charge in [0.05, 0.1) is 0 Å². The molecule has 14 heavy (non-hydrogen) atoms. The number of rotatable bonds is 0. The van der Waals surface area contributed by atoms with E-state index in [4.69, 9.17) is 5.21 Å². The molecule has 0 amide bonds. The van der Waals surface area contributed by atoms with Crippen LogP contribution in [0.4, 0.5) is 0 Å². The highest BCUT2D eigenvalue weighted by Crippen LogP contribution is 2.25. The Hall–Kier alpha value is -1.64. The molecule has 3 heteroatoms. The molecule has 72 valence electrons. The lowest BCUT2D eigenvalue weighted by atomic mass is 10.0. The first-order valence-electron chi connectivity index (χ1n) is 4.49. The van der Waals surface area contributed by atoms with Crippen LogP contribution in [0, 0.1) is 13.8 Å². The van der Waals surface area contributed by atoms with Crippen LogP contribution in [0.5, 0.6) is 0 Å². The molecule has 0 atom stereocenters. The van der Waals surface area contributed by atoms with Gasteiger partial charge in [0, 0.05) is 12.0 Å². The average molecular weight is 189 g/mol. The Labute approximate surface area is 82.1 Å². The molecular formula is C11H11NO2. The smallest absolute Gasteiger partial charge is 0.211 e. The van der Waals surface area contributed by atoms with Crippen molar-refractivity contribution in [1.82, 2.24) is 0 Å². The molecule has 0 fully saturated rings. The monoisotopic (exact) mass is 189 g/mol. The largest absolute Gasteiger partial charge is 0.411 e. The van der Waals surface area contributed by atoms with Gasteiger partial charge in [-0.3, -0.25) is 4.79 Å². The first kappa shape index (κ1) is 8.94. The molecule has 1 aromatic carbocycles. The molecule has 3 nitrogen and oxygen atoms in total. The summed E-state index contributed by atoms with van der Waals surface area (Å²) in [6.07, 6.45) is 0.455. The van der Waals surface area contributed by atoms with E-state index in [-0.39, 0.29) is 11.5 Å². The Morgan fingerprint density at radius 3 is 2.71 bits per heavy atom. The fourth-order valence-corrected chi connectivity index (χ4v) is 1.92. The maximum Gasteiger partial charge on any atom is 0.211 e. The average Bonchev–Trinajstić information content (AvgIpc) is 2.44. The highest BCUT2D eigenvalue weighted by atomic mass is 16.4. The summed E-state index contributed by atoms with van der Waals surface area (Å²) in [7, 11) is 0. The zero-order chi connectivity index (χ0) is 10.3. The van der Waals surface area contributed by atoms with E-state index in [1.54, 1.807) is 0 Å². The van der Waals surface area contributed by atoms with E-state index < -0.39 is 0 Å². The summed E-state index contributed by atoms with van der Waals surface area (Å²) in [5, 5.41) is 11.7. The van der Waals surface area contributed by atoms with Gasteiger partial charge in [0.2, 0.25) is 5.78 Å². The van der Waals surface area contributed by atoms with Gasteiger partial charge in [-0.1, -0.05) is 16.8 Å². The number of hydrogen-bond acceptors (Lipinski definition) is 3. The van der Waals surface area contributed by atoms with Crippen molar-refractivity contribution in [1.29, 1.82) is 0 Å². The molecule has 2 rings (SSSR count). The summed E-state index contributed by atoms with van der Waals surface area (Å²) < 4.78 is 0. The number of Topliss-reactive ketones (excluding diaryl/α,β-unsaturated/α-hetero) is 1. The summed E-state index contributed by atoms with van der Waals surface area (Å²) in [6.45, 7) is 3.92. The molecule has 0 bridgehead atoms. The second-order valence-electron chi connectivity index (χ2n) is 3.66. The SMILES string of the molecule is Cc1cc(C)c2c(c1)C(=O)/C(=N/O)C2. The predicted octanol–water partition coefficient (Wildman–Crippen LogP) is 1.87. The molecule has 0 aromatic heterocycles. The topological polar surface area (TPSA) is 49.7 Å². The molecule has 0 heterocycles. The van der Waals surface area contributed by atoms with Crippen molar-refractivity contribution in [3.63, 3.8) is 0 Å². The van der Waals surface area contributed by atoms with E-state index in [1.807, 2.05) is 26.0 Å². The quantitative estimate of drug-likeness (QED) is 0.500. The van der Waals surface area contributed by atoms with Gasteiger partial charge in [-0.05, 0) is 31.0 Å². The van der Waals surface area contributed by atoms with E-state index in [2.05, 4.69) is 5.16 Å². The van der Waals surface area contributed by atoms with Gasteiger partial charge in [-0.15, -0.1) is 0 Å². The molecule has 0 radical (unpaired) electrons. The Morgan fingerprint density at radius 2 is 2.07 bits per heavy atom. The van der Waals surface area contributed by atoms with Crippen LogP contribution in [0.15, 0.2) is 17.3 Å². The number of aryl methyl sites for hydroxylation is 2. The molecule has 0 aliphatic heterocycles. The van der Waals surface area contributed by atoms with Gasteiger partial charge in [0.15, 0.2) is 0 Å². The summed E-state index contributed by atoms with van der Waals surface area (Å²) >= 11 is 0. The maximum atomic E-state index is 11.6. The molecule has 1 aliphatic carbocycles. The van der Waals surface area contributed by atoms with E-state index in [0.717, 1.165) is 16.7 Å². The van der Waals surface area contributed by atoms with Crippen LogP contribution < -0.4 is 0 Å². The van der Waals surface area contributed by atoms with Crippen LogP contribution in [-0.2, 0) is 6.42 Å². The van der Waals surface area contributed by atoms with Crippen molar-refractivity contribution in [2.24, 2.45) is 5.16 Å². The van der Waals surface area contributed by atoms with Gasteiger partial charge in [-0.2, -0.15) is 0 Å². The third kappa shape index (κ3) is 1.13. The van der Waals surface area contributed by atoms with Crippen LogP contribution in [0.25, 0.3) is 0 Å². The summed E-state index contributed by atoms with van der Waals surface area (Å²) in [6, 6.07) is 3.88. The number of carbonyl (C=O) groups excluding carboxylic acids is 1. The highest BCUT2D eigenvalue weighted by molar-refractivity contribution is 6.49. The number of hydrogen-bond donors (Lipinski definition) is 1. The lowest BCUT2D eigenvalue weighted by Crippen LogP contribution is -2.06. The van der Waals surface area contributed by atoms with Crippen LogP contribution in [0.3, 0.4) is 0 Å². The molecule has 0 unspecified atom stereocenters. The number of benzene rings is 1. The molecule has 0 spiro atoms. The highest BCUT2D eigenvalue weighted by Gasteiger charge is 2.28. The Morgan fingerprint density at radius 1 is 1.36 bits per heavy atom. The lowest BCUT2D eigenvalue weighted by molar-refractivity contribution is 0.106. The zero-order valence-electron chi connectivity index (χ0n) is 8.16. The Kier molecular flexibility index (Phi) is 1.88. The van der Waals surface area contributed by atoms with Gasteiger partial charge in [-0.25, -0.2) is 0 Å². The van der Waals surface area contributed by atoms with Crippen molar-refractivity contribution in [2.75, 3.05) is 0 Å². The zero-order valence-corrected chi connectivity index (χ0v) is 8.16. The number of nitrogens with zero attached hydrogens (tertiary/aromatic N) is 1. The molecule has 1 aliphatic rings. The van der Waals surface area contributed by atoms with Gasteiger partial charge >= 0.3 is 0 Å². The molecule has 1 aromatic rings. The minimum absolute atomic E-state index is 0.144. The maximum absolute atomic E-state index is 11.6. The van der Waals surface area contributed by atoms with Crippen LogP contribution in [0.1, 0.15) is 27.0 Å². The van der Waals surface area contributed by atoms with Gasteiger partial charge in [0.1, 0.15) is 5.71 Å². The normalized spacial score (nSPS) is 17.6. The standard InChI is InChI=1S/C11H11NO2/c1-6-3-7(2)8-5-10(12-14)11(13)9(8)4-6/h3-4,14H,5H2,1-2H3/b12-10+. The molecule has 0 saturated carbocycles. The lowest BCUT2D eigenvalue weighted by Gasteiger charge is -2.02. The van der Waals surface area contributed by atoms with E-state index in [1.165, 1.54) is 0 Å². The van der Waals surface area contributed by atoms with Crippen molar-refractivity contribution in [3.05, 3.63) is 34.4 Å². The second kappa shape index (κ2) is 2.94. The second-order valence-corrected chi connectivity index (χ2v) is 3.66. The first-order valence-corrected chi connectivity index (χ1v) is 4.49. The number of carbonyl (C=O) groups is 1. The number of ketones is 1. The van der Waals surface area contributed by atoms with E-state index >= 15 is 0 Å². The summed E-state index contributed by atoms with van der Waals surface area (Å²) in [5.74, 6) is -0.144. The molecule has 1 N–H and O–H groups in total. The molecular weight excluding hydrogens is 178 g/mol. The van der Waals surface area contributed by atoms with Crippen molar-refractivity contribution in [2.45, 2.75) is 20.3 Å². The van der Waals surface area contributed by atoms with Crippen molar-refractivity contribution in [3.8, 4) is 0 Å². The minimum Gasteiger partial charge on any atom is -0.411 e. The van der Waals surface area contributed by atoms with Crippen molar-refractivity contribution < 1.29 is 10.0 Å². The third-order valence-electron chi connectivity index (χ3n) is 2.59.